The van der Waals surface area contributed by atoms with Gasteiger partial charge in [0.25, 0.3) is 0 Å². The van der Waals surface area contributed by atoms with Crippen LogP contribution in [0, 0.1) is 12.7 Å². The second kappa shape index (κ2) is 5.82. The number of aliphatic hydroxyl groups excluding tert-OH is 1. The second-order valence-corrected chi connectivity index (χ2v) is 3.82. The van der Waals surface area contributed by atoms with E-state index in [1.54, 1.807) is 13.0 Å². The Kier molecular flexibility index (Phi) is 4.71. The lowest BCUT2D eigenvalue weighted by atomic mass is 10.1. The van der Waals surface area contributed by atoms with Crippen molar-refractivity contribution in [3.8, 4) is 5.75 Å². The summed E-state index contributed by atoms with van der Waals surface area (Å²) in [7, 11) is 0. The fourth-order valence-electron chi connectivity index (χ4n) is 1.39. The number of hydrogen-bond acceptors (Lipinski definition) is 3. The Morgan fingerprint density at radius 1 is 1.50 bits per heavy atom. The average Bonchev–Trinajstić information content (AvgIpc) is 2.29. The Labute approximate surface area is 95.0 Å². The van der Waals surface area contributed by atoms with E-state index in [0.29, 0.717) is 17.7 Å². The summed E-state index contributed by atoms with van der Waals surface area (Å²) in [5.41, 5.74) is 6.30. The maximum Gasteiger partial charge on any atom is 0.137 e. The fraction of sp³-hybridized carbons (Fsp3) is 0.500. The predicted octanol–water partition coefficient (Wildman–Crippen LogP) is 1.61. The van der Waals surface area contributed by atoms with Crippen molar-refractivity contribution in [2.75, 3.05) is 6.61 Å². The SMILES string of the molecule is CCC(N)C(CO)Oc1ccc(F)c(C)c1. The van der Waals surface area contributed by atoms with E-state index >= 15 is 0 Å². The van der Waals surface area contributed by atoms with Gasteiger partial charge >= 0.3 is 0 Å². The van der Waals surface area contributed by atoms with Gasteiger partial charge in [0.05, 0.1) is 6.61 Å². The third kappa shape index (κ3) is 3.18. The summed E-state index contributed by atoms with van der Waals surface area (Å²) in [5.74, 6) is 0.259. The minimum Gasteiger partial charge on any atom is -0.486 e. The Bertz CT molecular complexity index is 344. The number of aryl methyl sites for hydroxylation is 1. The highest BCUT2D eigenvalue weighted by Gasteiger charge is 2.17. The zero-order valence-corrected chi connectivity index (χ0v) is 9.61. The van der Waals surface area contributed by atoms with Crippen LogP contribution in [0.5, 0.6) is 5.75 Å². The number of hydrogen-bond donors (Lipinski definition) is 2. The number of aliphatic hydroxyl groups is 1. The van der Waals surface area contributed by atoms with Crippen molar-refractivity contribution in [2.24, 2.45) is 5.73 Å². The number of rotatable bonds is 5. The van der Waals surface area contributed by atoms with Gasteiger partial charge in [-0.2, -0.15) is 0 Å². The fourth-order valence-corrected chi connectivity index (χ4v) is 1.39. The van der Waals surface area contributed by atoms with Gasteiger partial charge in [0.1, 0.15) is 17.7 Å². The van der Waals surface area contributed by atoms with E-state index in [-0.39, 0.29) is 18.5 Å². The van der Waals surface area contributed by atoms with Crippen LogP contribution in [0.3, 0.4) is 0 Å². The molecule has 16 heavy (non-hydrogen) atoms. The summed E-state index contributed by atoms with van der Waals surface area (Å²) in [6.07, 6.45) is 0.264. The number of nitrogens with two attached hydrogens (primary N) is 1. The normalized spacial score (nSPS) is 14.6. The Morgan fingerprint density at radius 2 is 2.19 bits per heavy atom. The Balaban J connectivity index is 2.74. The molecule has 4 heteroatoms. The topological polar surface area (TPSA) is 55.5 Å². The highest BCUT2D eigenvalue weighted by molar-refractivity contribution is 5.29. The van der Waals surface area contributed by atoms with Crippen molar-refractivity contribution in [1.29, 1.82) is 0 Å². The summed E-state index contributed by atoms with van der Waals surface area (Å²) in [4.78, 5) is 0. The molecule has 0 fully saturated rings. The lowest BCUT2D eigenvalue weighted by Gasteiger charge is -2.22. The molecule has 0 bridgehead atoms. The van der Waals surface area contributed by atoms with Crippen molar-refractivity contribution in [3.63, 3.8) is 0 Å². The summed E-state index contributed by atoms with van der Waals surface area (Å²) in [6.45, 7) is 3.44. The lowest BCUT2D eigenvalue weighted by molar-refractivity contribution is 0.0931. The predicted molar refractivity (Wildman–Crippen MR) is 60.9 cm³/mol. The van der Waals surface area contributed by atoms with E-state index in [1.165, 1.54) is 12.1 Å². The molecule has 0 saturated heterocycles. The molecule has 1 aromatic rings. The highest BCUT2D eigenvalue weighted by atomic mass is 19.1. The third-order valence-corrected chi connectivity index (χ3v) is 2.55. The van der Waals surface area contributed by atoms with Crippen LogP contribution in [0.2, 0.25) is 0 Å². The van der Waals surface area contributed by atoms with Gasteiger partial charge < -0.3 is 15.6 Å². The average molecular weight is 227 g/mol. The first-order valence-corrected chi connectivity index (χ1v) is 5.37. The molecule has 0 aliphatic heterocycles. The smallest absolute Gasteiger partial charge is 0.137 e. The minimum absolute atomic E-state index is 0.147. The van der Waals surface area contributed by atoms with Crippen LogP contribution in [0.15, 0.2) is 18.2 Å². The van der Waals surface area contributed by atoms with Crippen LogP contribution in [0.25, 0.3) is 0 Å². The molecule has 0 aliphatic carbocycles. The zero-order chi connectivity index (χ0) is 12.1. The molecule has 2 unspecified atom stereocenters. The molecular weight excluding hydrogens is 209 g/mol. The van der Waals surface area contributed by atoms with Crippen LogP contribution in [0.4, 0.5) is 4.39 Å². The van der Waals surface area contributed by atoms with Crippen molar-refractivity contribution >= 4 is 0 Å². The van der Waals surface area contributed by atoms with Crippen LogP contribution >= 0.6 is 0 Å². The number of benzene rings is 1. The maximum atomic E-state index is 13.0. The first-order valence-electron chi connectivity index (χ1n) is 5.37. The minimum atomic E-state index is -0.449. The zero-order valence-electron chi connectivity index (χ0n) is 9.61. The first kappa shape index (κ1) is 12.9. The summed E-state index contributed by atoms with van der Waals surface area (Å²) >= 11 is 0. The summed E-state index contributed by atoms with van der Waals surface area (Å²) in [6, 6.07) is 4.25. The monoisotopic (exact) mass is 227 g/mol. The van der Waals surface area contributed by atoms with Crippen LogP contribution in [0.1, 0.15) is 18.9 Å². The van der Waals surface area contributed by atoms with Crippen molar-refractivity contribution in [3.05, 3.63) is 29.6 Å². The van der Waals surface area contributed by atoms with Gasteiger partial charge in [0.15, 0.2) is 0 Å². The maximum absolute atomic E-state index is 13.0. The molecule has 0 amide bonds. The van der Waals surface area contributed by atoms with Crippen LogP contribution in [-0.2, 0) is 0 Å². The van der Waals surface area contributed by atoms with Crippen molar-refractivity contribution < 1.29 is 14.2 Å². The molecular formula is C12H18FNO2. The van der Waals surface area contributed by atoms with E-state index in [4.69, 9.17) is 15.6 Å². The van der Waals surface area contributed by atoms with Gasteiger partial charge in [0, 0.05) is 6.04 Å². The van der Waals surface area contributed by atoms with Gasteiger partial charge in [-0.15, -0.1) is 0 Å². The molecule has 0 saturated carbocycles. The molecule has 3 N–H and O–H groups in total. The van der Waals surface area contributed by atoms with Gasteiger partial charge in [-0.25, -0.2) is 4.39 Å². The van der Waals surface area contributed by atoms with Gasteiger partial charge in [-0.05, 0) is 37.1 Å². The largest absolute Gasteiger partial charge is 0.486 e. The van der Waals surface area contributed by atoms with Crippen LogP contribution < -0.4 is 10.5 Å². The summed E-state index contributed by atoms with van der Waals surface area (Å²) in [5, 5.41) is 9.13. The summed E-state index contributed by atoms with van der Waals surface area (Å²) < 4.78 is 18.5. The molecule has 0 spiro atoms. The molecule has 0 radical (unpaired) electrons. The first-order chi connectivity index (χ1) is 7.58. The highest BCUT2D eigenvalue weighted by Crippen LogP contribution is 2.18. The molecule has 1 rings (SSSR count). The molecule has 0 aliphatic rings. The van der Waals surface area contributed by atoms with Gasteiger partial charge in [-0.1, -0.05) is 6.92 Å². The van der Waals surface area contributed by atoms with E-state index in [1.807, 2.05) is 6.92 Å². The molecule has 3 nitrogen and oxygen atoms in total. The number of halogens is 1. The standard InChI is InChI=1S/C12H18FNO2/c1-3-11(14)12(7-15)16-9-4-5-10(13)8(2)6-9/h4-6,11-12,15H,3,7,14H2,1-2H3. The van der Waals surface area contributed by atoms with Crippen LogP contribution in [-0.4, -0.2) is 23.9 Å². The van der Waals surface area contributed by atoms with E-state index in [2.05, 4.69) is 0 Å². The molecule has 2 atom stereocenters. The quantitative estimate of drug-likeness (QED) is 0.803. The molecule has 0 aromatic heterocycles. The van der Waals surface area contributed by atoms with E-state index in [0.717, 1.165) is 0 Å². The lowest BCUT2D eigenvalue weighted by Crippen LogP contribution is -2.41. The van der Waals surface area contributed by atoms with Crippen molar-refractivity contribution in [1.82, 2.24) is 0 Å². The van der Waals surface area contributed by atoms with Gasteiger partial charge in [-0.3, -0.25) is 0 Å². The van der Waals surface area contributed by atoms with E-state index < -0.39 is 6.10 Å². The molecule has 1 aromatic carbocycles. The third-order valence-electron chi connectivity index (χ3n) is 2.55. The Hall–Kier alpha value is -1.13. The number of ether oxygens (including phenoxy) is 1. The molecule has 90 valence electrons. The van der Waals surface area contributed by atoms with Gasteiger partial charge in [0.2, 0.25) is 0 Å². The molecule has 0 heterocycles. The Morgan fingerprint density at radius 3 is 2.69 bits per heavy atom. The van der Waals surface area contributed by atoms with Crippen molar-refractivity contribution in [2.45, 2.75) is 32.4 Å². The van der Waals surface area contributed by atoms with E-state index in [9.17, 15) is 4.39 Å². The second-order valence-electron chi connectivity index (χ2n) is 3.82.